The Morgan fingerprint density at radius 2 is 0.984 bits per heavy atom. The van der Waals surface area contributed by atoms with Crippen molar-refractivity contribution in [3.05, 3.63) is 24.3 Å². The second kappa shape index (κ2) is 29.3. The molecule has 0 aromatic rings. The maximum atomic E-state index is 13.1. The van der Waals surface area contributed by atoms with E-state index in [1.54, 1.807) is 13.8 Å². The van der Waals surface area contributed by atoms with E-state index in [-0.39, 0.29) is 109 Å². The highest BCUT2D eigenvalue weighted by molar-refractivity contribution is 6.13. The third kappa shape index (κ3) is 22.3. The van der Waals surface area contributed by atoms with Gasteiger partial charge in [0.2, 0.25) is 17.7 Å². The molecule has 0 aliphatic carbocycles. The minimum atomic E-state index is -0.691. The van der Waals surface area contributed by atoms with Crippen molar-refractivity contribution in [1.29, 1.82) is 0 Å². The first-order chi connectivity index (χ1) is 29.2. The quantitative estimate of drug-likeness (QED) is 0.0444. The average Bonchev–Trinajstić information content (AvgIpc) is 3.71. The number of carbonyl (C=O) groups is 11. The van der Waals surface area contributed by atoms with Crippen molar-refractivity contribution in [2.45, 2.75) is 90.6 Å². The van der Waals surface area contributed by atoms with E-state index in [4.69, 9.17) is 14.2 Å². The van der Waals surface area contributed by atoms with Gasteiger partial charge in [-0.05, 0) is 32.6 Å². The molecule has 0 fully saturated rings. The second-order valence-electron chi connectivity index (χ2n) is 14.0. The monoisotopic (exact) mass is 861 g/mol. The number of nitrogens with zero attached hydrogens (tertiary/aromatic N) is 2. The molecule has 1 atom stereocenters. The van der Waals surface area contributed by atoms with Gasteiger partial charge in [-0.3, -0.25) is 53.0 Å². The molecule has 0 aromatic carbocycles. The average molecular weight is 862 g/mol. The number of amides is 9. The highest BCUT2D eigenvalue weighted by Crippen LogP contribution is 2.17. The lowest BCUT2D eigenvalue weighted by Crippen LogP contribution is -2.38. The number of imide groups is 2. The number of carbonyl (C=O) groups excluding carboxylic acids is 11. The standard InChI is InChI=1S/C40H59N7O14/c1-3-41-39(57)60-23-15-31(16-24-61-40(58)42-4-2)59-22-6-8-30(49)25-28(26-33(51)43-17-5-7-29(48)13-20-46-35(53)9-10-36(46)54)27-34(52)45-19-18-44-32(50)14-21-47-37(55)11-12-38(47)56/h9-12,28,31H,3-8,13-27H2,1-2H3,(H,41,57)(H,42,58)(H,43,51)(H,44,50)(H,45,52). The predicted octanol–water partition coefficient (Wildman–Crippen LogP) is 0.108. The molecular formula is C40H59N7O14. The van der Waals surface area contributed by atoms with Crippen molar-refractivity contribution >= 4 is 65.1 Å². The van der Waals surface area contributed by atoms with Crippen molar-refractivity contribution in [2.75, 3.05) is 65.6 Å². The van der Waals surface area contributed by atoms with Crippen LogP contribution < -0.4 is 26.6 Å². The van der Waals surface area contributed by atoms with Crippen LogP contribution in [-0.2, 0) is 57.4 Å². The summed E-state index contributed by atoms with van der Waals surface area (Å²) in [4.78, 5) is 135. The normalized spacial score (nSPS) is 13.7. The van der Waals surface area contributed by atoms with Gasteiger partial charge < -0.3 is 40.8 Å². The molecule has 2 rings (SSSR count). The van der Waals surface area contributed by atoms with Crippen LogP contribution in [0.3, 0.4) is 0 Å². The second-order valence-corrected chi connectivity index (χ2v) is 14.0. The highest BCUT2D eigenvalue weighted by Gasteiger charge is 2.25. The van der Waals surface area contributed by atoms with Gasteiger partial charge in [-0.25, -0.2) is 9.59 Å². The van der Waals surface area contributed by atoms with Crippen LogP contribution in [0.25, 0.3) is 0 Å². The summed E-state index contributed by atoms with van der Waals surface area (Å²) in [5.41, 5.74) is 0. The van der Waals surface area contributed by atoms with Gasteiger partial charge in [-0.15, -0.1) is 0 Å². The molecule has 21 heteroatoms. The van der Waals surface area contributed by atoms with Crippen LogP contribution in [0.2, 0.25) is 0 Å². The first kappa shape index (κ1) is 51.2. The van der Waals surface area contributed by atoms with E-state index in [1.165, 1.54) is 0 Å². The molecule has 21 nitrogen and oxygen atoms in total. The summed E-state index contributed by atoms with van der Waals surface area (Å²) < 4.78 is 16.2. The Bertz CT molecular complexity index is 1490. The molecule has 0 saturated heterocycles. The van der Waals surface area contributed by atoms with Gasteiger partial charge in [0.25, 0.3) is 23.6 Å². The Kier molecular flexibility index (Phi) is 24.5. The molecule has 5 N–H and O–H groups in total. The molecule has 0 aromatic heterocycles. The van der Waals surface area contributed by atoms with Gasteiger partial charge in [0.15, 0.2) is 0 Å². The summed E-state index contributed by atoms with van der Waals surface area (Å²) in [5, 5.41) is 13.0. The van der Waals surface area contributed by atoms with E-state index in [0.29, 0.717) is 38.8 Å². The number of alkyl carbamates (subject to hydrolysis) is 2. The SMILES string of the molecule is CCNC(=O)OCCC(CCOC(=O)NCC)OCCCC(=O)CC(CC(=O)NCCCC(=O)CCN1C(=O)C=CC1=O)CC(=O)NCCNC(=O)CCN1C(=O)C=CC1=O. The molecule has 338 valence electrons. The van der Waals surface area contributed by atoms with Crippen LogP contribution in [-0.4, -0.2) is 147 Å². The van der Waals surface area contributed by atoms with Gasteiger partial charge in [-0.2, -0.15) is 0 Å². The van der Waals surface area contributed by atoms with E-state index >= 15 is 0 Å². The van der Waals surface area contributed by atoms with E-state index in [2.05, 4.69) is 26.6 Å². The molecule has 0 radical (unpaired) electrons. The Balaban J connectivity index is 1.86. The largest absolute Gasteiger partial charge is 0.449 e. The molecule has 0 saturated carbocycles. The molecule has 2 aliphatic heterocycles. The van der Waals surface area contributed by atoms with Gasteiger partial charge in [0.05, 0.1) is 19.3 Å². The molecule has 0 bridgehead atoms. The van der Waals surface area contributed by atoms with Crippen molar-refractivity contribution in [3.8, 4) is 0 Å². The summed E-state index contributed by atoms with van der Waals surface area (Å²) in [6.07, 6.45) is 3.69. The van der Waals surface area contributed by atoms with Crippen molar-refractivity contribution < 1.29 is 67.0 Å². The lowest BCUT2D eigenvalue weighted by Gasteiger charge is -2.19. The smallest absolute Gasteiger partial charge is 0.407 e. The Morgan fingerprint density at radius 1 is 0.525 bits per heavy atom. The highest BCUT2D eigenvalue weighted by atomic mass is 16.6. The third-order valence-corrected chi connectivity index (χ3v) is 9.11. The molecule has 61 heavy (non-hydrogen) atoms. The summed E-state index contributed by atoms with van der Waals surface area (Å²) in [6, 6.07) is 0. The molecule has 0 spiro atoms. The van der Waals surface area contributed by atoms with Gasteiger partial charge in [-0.1, -0.05) is 0 Å². The number of ether oxygens (including phenoxy) is 3. The Labute approximate surface area is 354 Å². The van der Waals surface area contributed by atoms with Crippen molar-refractivity contribution in [3.63, 3.8) is 0 Å². The fraction of sp³-hybridized carbons (Fsp3) is 0.625. The topological polar surface area (TPSA) is 282 Å². The van der Waals surface area contributed by atoms with Crippen LogP contribution in [0.15, 0.2) is 24.3 Å². The number of hydrogen-bond donors (Lipinski definition) is 5. The predicted molar refractivity (Wildman–Crippen MR) is 215 cm³/mol. The third-order valence-electron chi connectivity index (χ3n) is 9.11. The maximum Gasteiger partial charge on any atom is 0.407 e. The van der Waals surface area contributed by atoms with Gasteiger partial charge in [0, 0.05) is 135 Å². The summed E-state index contributed by atoms with van der Waals surface area (Å²) in [6.45, 7) is 4.64. The number of nitrogens with one attached hydrogen (secondary N) is 5. The van der Waals surface area contributed by atoms with Crippen LogP contribution in [0.5, 0.6) is 0 Å². The summed E-state index contributed by atoms with van der Waals surface area (Å²) in [7, 11) is 0. The minimum absolute atomic E-state index is 0.0154. The number of ketones is 2. The zero-order chi connectivity index (χ0) is 45.0. The first-order valence-corrected chi connectivity index (χ1v) is 20.6. The molecule has 2 aliphatic rings. The fourth-order valence-corrected chi connectivity index (χ4v) is 5.98. The molecule has 1 unspecified atom stereocenters. The van der Waals surface area contributed by atoms with Crippen LogP contribution in [0.4, 0.5) is 9.59 Å². The Hall–Kier alpha value is -5.99. The van der Waals surface area contributed by atoms with E-state index in [1.807, 2.05) is 0 Å². The van der Waals surface area contributed by atoms with Crippen molar-refractivity contribution in [2.24, 2.45) is 5.92 Å². The molecular weight excluding hydrogens is 802 g/mol. The van der Waals surface area contributed by atoms with Crippen LogP contribution in [0, 0.1) is 5.92 Å². The summed E-state index contributed by atoms with van der Waals surface area (Å²) in [5.74, 6) is -4.41. The first-order valence-electron chi connectivity index (χ1n) is 20.6. The van der Waals surface area contributed by atoms with Crippen LogP contribution >= 0.6 is 0 Å². The maximum absolute atomic E-state index is 13.1. The number of Topliss-reactive ketones (excluding diaryl/α,β-unsaturated/α-hetero) is 2. The lowest BCUT2D eigenvalue weighted by molar-refractivity contribution is -0.139. The van der Waals surface area contributed by atoms with E-state index in [0.717, 1.165) is 34.1 Å². The molecule has 2 heterocycles. The number of rotatable bonds is 32. The van der Waals surface area contributed by atoms with Crippen molar-refractivity contribution in [1.82, 2.24) is 36.4 Å². The van der Waals surface area contributed by atoms with Gasteiger partial charge in [0.1, 0.15) is 11.6 Å². The minimum Gasteiger partial charge on any atom is -0.449 e. The van der Waals surface area contributed by atoms with E-state index < -0.39 is 65.6 Å². The fourth-order valence-electron chi connectivity index (χ4n) is 5.98. The van der Waals surface area contributed by atoms with Gasteiger partial charge >= 0.3 is 12.2 Å². The zero-order valence-corrected chi connectivity index (χ0v) is 34.9. The van der Waals surface area contributed by atoms with Crippen LogP contribution in [0.1, 0.15) is 84.5 Å². The number of hydrogen-bond acceptors (Lipinski definition) is 14. The molecule has 9 amide bonds. The lowest BCUT2D eigenvalue weighted by atomic mass is 9.93. The van der Waals surface area contributed by atoms with E-state index in [9.17, 15) is 52.7 Å². The Morgan fingerprint density at radius 3 is 1.49 bits per heavy atom. The zero-order valence-electron chi connectivity index (χ0n) is 34.9. The summed E-state index contributed by atoms with van der Waals surface area (Å²) >= 11 is 0.